The molecule has 1 atom stereocenters. The first-order valence-corrected chi connectivity index (χ1v) is 8.41. The number of halogens is 2. The Hall–Kier alpha value is -2.34. The summed E-state index contributed by atoms with van der Waals surface area (Å²) in [6.45, 7) is 3.02. The Kier molecular flexibility index (Phi) is 5.38. The predicted octanol–water partition coefficient (Wildman–Crippen LogP) is 3.33. The fraction of sp³-hybridized carbons (Fsp3) is 0.368. The van der Waals surface area contributed by atoms with Gasteiger partial charge in [-0.1, -0.05) is 6.07 Å². The van der Waals surface area contributed by atoms with Gasteiger partial charge in [-0.2, -0.15) is 0 Å². The summed E-state index contributed by atoms with van der Waals surface area (Å²) >= 11 is 0. The molecule has 4 nitrogen and oxygen atoms in total. The van der Waals surface area contributed by atoms with Crippen LogP contribution in [0.5, 0.6) is 0 Å². The third kappa shape index (κ3) is 4.39. The minimum atomic E-state index is -0.428. The van der Waals surface area contributed by atoms with Crippen molar-refractivity contribution >= 4 is 5.91 Å². The van der Waals surface area contributed by atoms with Crippen LogP contribution in [-0.4, -0.2) is 22.3 Å². The maximum atomic E-state index is 13.9. The smallest absolute Gasteiger partial charge is 0.217 e. The molecule has 0 unspecified atom stereocenters. The highest BCUT2D eigenvalue weighted by molar-refractivity contribution is 5.72. The Morgan fingerprint density at radius 2 is 2.16 bits per heavy atom. The lowest BCUT2D eigenvalue weighted by Gasteiger charge is -2.24. The molecule has 1 aromatic carbocycles. The van der Waals surface area contributed by atoms with Crippen LogP contribution in [0.15, 0.2) is 36.4 Å². The summed E-state index contributed by atoms with van der Waals surface area (Å²) in [6, 6.07) is 9.35. The Morgan fingerprint density at radius 3 is 2.96 bits per heavy atom. The van der Waals surface area contributed by atoms with E-state index in [4.69, 9.17) is 0 Å². The highest BCUT2D eigenvalue weighted by atomic mass is 19.1. The standard InChI is InChI=1S/C19H21F2N3O/c1-13(25)22-11-16-4-2-5-18(23-16)19-6-3-9-24(19)12-14-10-15(20)7-8-17(14)21/h2,4-5,7-8,10,19H,3,6,9,11-12H2,1H3,(H,22,25)/t19-/m1/s1. The van der Waals surface area contributed by atoms with Gasteiger partial charge in [-0.15, -0.1) is 0 Å². The number of hydrogen-bond donors (Lipinski definition) is 1. The average molecular weight is 345 g/mol. The lowest BCUT2D eigenvalue weighted by atomic mass is 10.1. The van der Waals surface area contributed by atoms with Crippen molar-refractivity contribution in [2.24, 2.45) is 0 Å². The number of nitrogens with one attached hydrogen (secondary N) is 1. The molecule has 1 aliphatic rings. The van der Waals surface area contributed by atoms with Crippen molar-refractivity contribution in [2.45, 2.75) is 38.9 Å². The van der Waals surface area contributed by atoms with Crippen LogP contribution in [0.3, 0.4) is 0 Å². The molecule has 1 fully saturated rings. The van der Waals surface area contributed by atoms with Gasteiger partial charge in [-0.3, -0.25) is 14.7 Å². The van der Waals surface area contributed by atoms with E-state index in [1.54, 1.807) is 0 Å². The second-order valence-electron chi connectivity index (χ2n) is 6.33. The van der Waals surface area contributed by atoms with Gasteiger partial charge in [0.15, 0.2) is 0 Å². The van der Waals surface area contributed by atoms with E-state index in [0.717, 1.165) is 36.8 Å². The van der Waals surface area contributed by atoms with Crippen molar-refractivity contribution in [2.75, 3.05) is 6.54 Å². The van der Waals surface area contributed by atoms with E-state index in [-0.39, 0.29) is 17.8 Å². The first-order valence-electron chi connectivity index (χ1n) is 8.41. The number of benzene rings is 1. The molecule has 25 heavy (non-hydrogen) atoms. The van der Waals surface area contributed by atoms with Gasteiger partial charge in [-0.05, 0) is 49.7 Å². The van der Waals surface area contributed by atoms with E-state index in [9.17, 15) is 13.6 Å². The zero-order valence-corrected chi connectivity index (χ0v) is 14.1. The molecule has 0 bridgehead atoms. The van der Waals surface area contributed by atoms with Crippen LogP contribution >= 0.6 is 0 Å². The first kappa shape index (κ1) is 17.5. The number of pyridine rings is 1. The molecule has 3 rings (SSSR count). The van der Waals surface area contributed by atoms with Gasteiger partial charge in [0.05, 0.1) is 24.0 Å². The van der Waals surface area contributed by atoms with E-state index >= 15 is 0 Å². The molecule has 0 saturated carbocycles. The van der Waals surface area contributed by atoms with E-state index in [0.29, 0.717) is 18.7 Å². The Morgan fingerprint density at radius 1 is 1.32 bits per heavy atom. The van der Waals surface area contributed by atoms with Crippen molar-refractivity contribution in [1.29, 1.82) is 0 Å². The molecule has 1 aromatic heterocycles. The van der Waals surface area contributed by atoms with Crippen molar-refractivity contribution in [3.8, 4) is 0 Å². The number of rotatable bonds is 5. The molecule has 1 saturated heterocycles. The number of aromatic nitrogens is 1. The van der Waals surface area contributed by atoms with Crippen molar-refractivity contribution in [1.82, 2.24) is 15.2 Å². The number of likely N-dealkylation sites (tertiary alicyclic amines) is 1. The molecule has 0 aliphatic carbocycles. The molecular weight excluding hydrogens is 324 g/mol. The van der Waals surface area contributed by atoms with Gasteiger partial charge in [-0.25, -0.2) is 8.78 Å². The lowest BCUT2D eigenvalue weighted by Crippen LogP contribution is -2.25. The lowest BCUT2D eigenvalue weighted by molar-refractivity contribution is -0.119. The molecular formula is C19H21F2N3O. The Bertz CT molecular complexity index is 766. The summed E-state index contributed by atoms with van der Waals surface area (Å²) < 4.78 is 27.4. The first-order chi connectivity index (χ1) is 12.0. The van der Waals surface area contributed by atoms with Crippen LogP contribution < -0.4 is 5.32 Å². The molecule has 0 spiro atoms. The molecule has 2 aromatic rings. The summed E-state index contributed by atoms with van der Waals surface area (Å²) in [7, 11) is 0. The van der Waals surface area contributed by atoms with E-state index in [1.807, 2.05) is 18.2 Å². The summed E-state index contributed by atoms with van der Waals surface area (Å²) in [5.74, 6) is -0.918. The zero-order chi connectivity index (χ0) is 17.8. The summed E-state index contributed by atoms with van der Waals surface area (Å²) in [6.07, 6.45) is 1.91. The van der Waals surface area contributed by atoms with Gasteiger partial charge in [0.25, 0.3) is 0 Å². The summed E-state index contributed by atoms with van der Waals surface area (Å²) in [4.78, 5) is 17.8. The normalized spacial score (nSPS) is 17.6. The van der Waals surface area contributed by atoms with E-state index < -0.39 is 5.82 Å². The fourth-order valence-corrected chi connectivity index (χ4v) is 3.23. The monoisotopic (exact) mass is 345 g/mol. The van der Waals surface area contributed by atoms with Crippen molar-refractivity contribution in [3.63, 3.8) is 0 Å². The average Bonchev–Trinajstić information content (AvgIpc) is 3.05. The Balaban J connectivity index is 1.76. The quantitative estimate of drug-likeness (QED) is 0.904. The highest BCUT2D eigenvalue weighted by Crippen LogP contribution is 2.32. The summed E-state index contributed by atoms with van der Waals surface area (Å²) in [5, 5.41) is 2.74. The predicted molar refractivity (Wildman–Crippen MR) is 90.5 cm³/mol. The molecule has 2 heterocycles. The molecule has 6 heteroatoms. The van der Waals surface area contributed by atoms with Crippen LogP contribution in [0.25, 0.3) is 0 Å². The van der Waals surface area contributed by atoms with Gasteiger partial charge in [0, 0.05) is 19.0 Å². The molecule has 1 amide bonds. The minimum Gasteiger partial charge on any atom is -0.351 e. The fourth-order valence-electron chi connectivity index (χ4n) is 3.23. The van der Waals surface area contributed by atoms with Crippen LogP contribution in [0.1, 0.15) is 42.8 Å². The second kappa shape index (κ2) is 7.70. The minimum absolute atomic E-state index is 0.0694. The van der Waals surface area contributed by atoms with E-state index in [1.165, 1.54) is 19.1 Å². The third-order valence-electron chi connectivity index (χ3n) is 4.43. The number of carbonyl (C=O) groups is 1. The third-order valence-corrected chi connectivity index (χ3v) is 4.43. The number of nitrogens with zero attached hydrogens (tertiary/aromatic N) is 2. The number of carbonyl (C=O) groups excluding carboxylic acids is 1. The van der Waals surface area contributed by atoms with E-state index in [2.05, 4.69) is 15.2 Å². The van der Waals surface area contributed by atoms with Gasteiger partial charge >= 0.3 is 0 Å². The van der Waals surface area contributed by atoms with Crippen molar-refractivity contribution in [3.05, 3.63) is 65.0 Å². The summed E-state index contributed by atoms with van der Waals surface area (Å²) in [5.41, 5.74) is 2.05. The van der Waals surface area contributed by atoms with Crippen LogP contribution in [0.4, 0.5) is 8.78 Å². The number of amides is 1. The maximum absolute atomic E-state index is 13.9. The number of hydrogen-bond acceptors (Lipinski definition) is 3. The van der Waals surface area contributed by atoms with Crippen LogP contribution in [-0.2, 0) is 17.9 Å². The molecule has 132 valence electrons. The zero-order valence-electron chi connectivity index (χ0n) is 14.1. The molecule has 1 aliphatic heterocycles. The van der Waals surface area contributed by atoms with Gasteiger partial charge in [0.1, 0.15) is 11.6 Å². The maximum Gasteiger partial charge on any atom is 0.217 e. The molecule has 1 N–H and O–H groups in total. The topological polar surface area (TPSA) is 45.2 Å². The van der Waals surface area contributed by atoms with Gasteiger partial charge < -0.3 is 5.32 Å². The van der Waals surface area contributed by atoms with Crippen molar-refractivity contribution < 1.29 is 13.6 Å². The van der Waals surface area contributed by atoms with Gasteiger partial charge in [0.2, 0.25) is 5.91 Å². The highest BCUT2D eigenvalue weighted by Gasteiger charge is 2.28. The molecule has 0 radical (unpaired) electrons. The van der Waals surface area contributed by atoms with Crippen LogP contribution in [0.2, 0.25) is 0 Å². The second-order valence-corrected chi connectivity index (χ2v) is 6.33. The van der Waals surface area contributed by atoms with Crippen LogP contribution in [0, 0.1) is 11.6 Å². The largest absolute Gasteiger partial charge is 0.351 e. The Labute approximate surface area is 145 Å². The SMILES string of the molecule is CC(=O)NCc1cccc([C@H]2CCCN2Cc2cc(F)ccc2F)n1.